The van der Waals surface area contributed by atoms with Gasteiger partial charge in [0.05, 0.1) is 18.2 Å². The van der Waals surface area contributed by atoms with Gasteiger partial charge in [0.15, 0.2) is 0 Å². The molecule has 1 aliphatic rings. The average molecular weight is 324 g/mol. The van der Waals surface area contributed by atoms with Crippen LogP contribution in [0.4, 0.5) is 5.69 Å². The lowest BCUT2D eigenvalue weighted by atomic mass is 9.97. The van der Waals surface area contributed by atoms with Crippen molar-refractivity contribution in [3.63, 3.8) is 0 Å². The van der Waals surface area contributed by atoms with Crippen molar-refractivity contribution >= 4 is 28.9 Å². The summed E-state index contributed by atoms with van der Waals surface area (Å²) in [5.74, 6) is -0.863. The average Bonchev–Trinajstić information content (AvgIpc) is 2.91. The van der Waals surface area contributed by atoms with E-state index in [0.29, 0.717) is 29.7 Å². The van der Waals surface area contributed by atoms with Crippen LogP contribution in [0.15, 0.2) is 42.5 Å². The minimum atomic E-state index is -0.863. The molecule has 3 rings (SSSR count). The third kappa shape index (κ3) is 3.01. The van der Waals surface area contributed by atoms with Crippen LogP contribution in [-0.4, -0.2) is 13.2 Å². The van der Waals surface area contributed by atoms with E-state index < -0.39 is 5.79 Å². The van der Waals surface area contributed by atoms with Crippen LogP contribution < -0.4 is 5.73 Å². The van der Waals surface area contributed by atoms with Crippen molar-refractivity contribution < 1.29 is 9.47 Å². The highest BCUT2D eigenvalue weighted by Gasteiger charge is 2.40. The fraction of sp³-hybridized carbons (Fsp3) is 0.250. The molecule has 1 heterocycles. The van der Waals surface area contributed by atoms with Gasteiger partial charge in [-0.05, 0) is 29.8 Å². The van der Waals surface area contributed by atoms with Crippen LogP contribution in [0, 0.1) is 0 Å². The second-order valence-electron chi connectivity index (χ2n) is 4.99. The molecule has 0 spiro atoms. The summed E-state index contributed by atoms with van der Waals surface area (Å²) in [5, 5.41) is 1.13. The summed E-state index contributed by atoms with van der Waals surface area (Å²) in [6.45, 7) is 1.07. The van der Waals surface area contributed by atoms with Gasteiger partial charge in [0, 0.05) is 22.7 Å². The summed E-state index contributed by atoms with van der Waals surface area (Å²) < 4.78 is 11.8. The van der Waals surface area contributed by atoms with Crippen molar-refractivity contribution in [3.05, 3.63) is 63.6 Å². The van der Waals surface area contributed by atoms with E-state index in [1.807, 2.05) is 30.3 Å². The number of benzene rings is 2. The summed E-state index contributed by atoms with van der Waals surface area (Å²) in [7, 11) is 0. The van der Waals surface area contributed by atoms with E-state index in [2.05, 4.69) is 0 Å². The van der Waals surface area contributed by atoms with Gasteiger partial charge in [-0.2, -0.15) is 0 Å². The number of anilines is 1. The molecule has 5 heteroatoms. The number of halogens is 2. The molecule has 21 heavy (non-hydrogen) atoms. The number of hydrogen-bond acceptors (Lipinski definition) is 3. The lowest BCUT2D eigenvalue weighted by Gasteiger charge is -2.29. The van der Waals surface area contributed by atoms with E-state index in [1.54, 1.807) is 12.1 Å². The number of rotatable bonds is 3. The first kappa shape index (κ1) is 14.7. The highest BCUT2D eigenvalue weighted by atomic mass is 35.5. The quantitative estimate of drug-likeness (QED) is 0.868. The summed E-state index contributed by atoms with van der Waals surface area (Å²) in [4.78, 5) is 0. The zero-order valence-corrected chi connectivity index (χ0v) is 12.8. The lowest BCUT2D eigenvalue weighted by molar-refractivity contribution is -0.164. The van der Waals surface area contributed by atoms with Crippen LogP contribution in [0.2, 0.25) is 10.0 Å². The summed E-state index contributed by atoms with van der Waals surface area (Å²) in [5.41, 5.74) is 8.31. The predicted octanol–water partition coefficient (Wildman–Crippen LogP) is 4.02. The molecular weight excluding hydrogens is 309 g/mol. The van der Waals surface area contributed by atoms with Crippen LogP contribution in [0.25, 0.3) is 0 Å². The maximum atomic E-state index is 6.33. The molecule has 2 N–H and O–H groups in total. The first-order valence-corrected chi connectivity index (χ1v) is 7.42. The molecule has 0 saturated carbocycles. The van der Waals surface area contributed by atoms with Gasteiger partial charge in [-0.3, -0.25) is 0 Å². The zero-order chi connectivity index (χ0) is 14.9. The first-order chi connectivity index (χ1) is 10.1. The maximum absolute atomic E-state index is 6.33. The SMILES string of the molecule is Nc1ccc(CC2(c3ccc(Cl)cc3Cl)OCCO2)cc1. The van der Waals surface area contributed by atoms with E-state index in [1.165, 1.54) is 0 Å². The molecule has 0 unspecified atom stereocenters. The van der Waals surface area contributed by atoms with E-state index in [0.717, 1.165) is 16.8 Å². The van der Waals surface area contributed by atoms with Crippen LogP contribution >= 0.6 is 23.2 Å². The third-order valence-corrected chi connectivity index (χ3v) is 4.06. The number of hydrogen-bond donors (Lipinski definition) is 1. The number of nitrogen functional groups attached to an aromatic ring is 1. The molecule has 2 aromatic rings. The Morgan fingerprint density at radius 2 is 1.67 bits per heavy atom. The fourth-order valence-electron chi connectivity index (χ4n) is 2.51. The molecular formula is C16H15Cl2NO2. The van der Waals surface area contributed by atoms with Gasteiger partial charge in [0.25, 0.3) is 0 Å². The van der Waals surface area contributed by atoms with Gasteiger partial charge in [0.2, 0.25) is 5.79 Å². The van der Waals surface area contributed by atoms with Crippen molar-refractivity contribution in [3.8, 4) is 0 Å². The fourth-order valence-corrected chi connectivity index (χ4v) is 3.06. The zero-order valence-electron chi connectivity index (χ0n) is 11.3. The maximum Gasteiger partial charge on any atom is 0.200 e. The molecule has 1 saturated heterocycles. The first-order valence-electron chi connectivity index (χ1n) is 6.67. The van der Waals surface area contributed by atoms with Crippen LogP contribution in [-0.2, 0) is 21.7 Å². The molecule has 2 aromatic carbocycles. The Morgan fingerprint density at radius 1 is 1.00 bits per heavy atom. The normalized spacial score (nSPS) is 17.0. The standard InChI is InChI=1S/C16H15Cl2NO2/c17-12-3-6-14(15(18)9-12)16(20-7-8-21-16)10-11-1-4-13(19)5-2-11/h1-6,9H,7-8,10,19H2. The van der Waals surface area contributed by atoms with Crippen molar-refractivity contribution in [2.24, 2.45) is 0 Å². The van der Waals surface area contributed by atoms with Gasteiger partial charge >= 0.3 is 0 Å². The molecule has 0 atom stereocenters. The van der Waals surface area contributed by atoms with Gasteiger partial charge in [-0.25, -0.2) is 0 Å². The topological polar surface area (TPSA) is 44.5 Å². The Bertz CT molecular complexity index is 637. The van der Waals surface area contributed by atoms with Gasteiger partial charge < -0.3 is 15.2 Å². The molecule has 0 bridgehead atoms. The largest absolute Gasteiger partial charge is 0.399 e. The number of nitrogens with two attached hydrogens (primary N) is 1. The third-order valence-electron chi connectivity index (χ3n) is 3.51. The van der Waals surface area contributed by atoms with Crippen molar-refractivity contribution in [2.45, 2.75) is 12.2 Å². The Kier molecular flexibility index (Phi) is 4.09. The second-order valence-corrected chi connectivity index (χ2v) is 5.84. The molecule has 3 nitrogen and oxygen atoms in total. The Morgan fingerprint density at radius 3 is 2.29 bits per heavy atom. The monoisotopic (exact) mass is 323 g/mol. The molecule has 0 radical (unpaired) electrons. The van der Waals surface area contributed by atoms with Crippen molar-refractivity contribution in [1.29, 1.82) is 0 Å². The number of ether oxygens (including phenoxy) is 2. The molecule has 1 aliphatic heterocycles. The summed E-state index contributed by atoms with van der Waals surface area (Å²) in [6.07, 6.45) is 0.564. The van der Waals surface area contributed by atoms with Crippen LogP contribution in [0.5, 0.6) is 0 Å². The van der Waals surface area contributed by atoms with Crippen LogP contribution in [0.1, 0.15) is 11.1 Å². The van der Waals surface area contributed by atoms with Crippen molar-refractivity contribution in [1.82, 2.24) is 0 Å². The Hall–Kier alpha value is -1.26. The lowest BCUT2D eigenvalue weighted by Crippen LogP contribution is -2.30. The Labute approximate surface area is 133 Å². The van der Waals surface area contributed by atoms with E-state index in [9.17, 15) is 0 Å². The van der Waals surface area contributed by atoms with E-state index >= 15 is 0 Å². The summed E-state index contributed by atoms with van der Waals surface area (Å²) in [6, 6.07) is 13.0. The van der Waals surface area contributed by atoms with Crippen LogP contribution in [0.3, 0.4) is 0 Å². The molecule has 110 valence electrons. The summed E-state index contributed by atoms with van der Waals surface area (Å²) >= 11 is 12.3. The van der Waals surface area contributed by atoms with E-state index in [-0.39, 0.29) is 0 Å². The predicted molar refractivity (Wildman–Crippen MR) is 84.6 cm³/mol. The minimum Gasteiger partial charge on any atom is -0.399 e. The van der Waals surface area contributed by atoms with Gasteiger partial charge in [-0.1, -0.05) is 41.4 Å². The van der Waals surface area contributed by atoms with Gasteiger partial charge in [-0.15, -0.1) is 0 Å². The smallest absolute Gasteiger partial charge is 0.200 e. The van der Waals surface area contributed by atoms with Crippen molar-refractivity contribution in [2.75, 3.05) is 18.9 Å². The molecule has 1 fully saturated rings. The highest BCUT2D eigenvalue weighted by Crippen LogP contribution is 2.39. The second kappa shape index (κ2) is 5.85. The molecule has 0 amide bonds. The Balaban J connectivity index is 1.97. The minimum absolute atomic E-state index is 0.536. The van der Waals surface area contributed by atoms with Gasteiger partial charge in [0.1, 0.15) is 0 Å². The highest BCUT2D eigenvalue weighted by molar-refractivity contribution is 6.35. The van der Waals surface area contributed by atoms with E-state index in [4.69, 9.17) is 38.4 Å². The molecule has 0 aromatic heterocycles. The molecule has 0 aliphatic carbocycles.